The number of nitrogens with zero attached hydrogens (tertiary/aromatic N) is 1. The monoisotopic (exact) mass is 207 g/mol. The van der Waals surface area contributed by atoms with Crippen LogP contribution in [0.1, 0.15) is 5.76 Å². The minimum absolute atomic E-state index is 0.229. The van der Waals surface area contributed by atoms with Crippen LogP contribution in [0.25, 0.3) is 11.1 Å². The Morgan fingerprint density at radius 3 is 3.07 bits per heavy atom. The summed E-state index contributed by atoms with van der Waals surface area (Å²) in [5, 5.41) is 3.89. The Hall–Kier alpha value is -1.62. The highest BCUT2D eigenvalue weighted by atomic mass is 32.1. The first-order chi connectivity index (χ1) is 6.74. The second kappa shape index (κ2) is 3.26. The van der Waals surface area contributed by atoms with Crippen LogP contribution in [0.15, 0.2) is 22.7 Å². The number of anilines is 1. The molecule has 0 aromatic carbocycles. The maximum absolute atomic E-state index is 5.52. The fraction of sp³-hybridized carbons (Fsp3) is 0.111. The van der Waals surface area contributed by atoms with Gasteiger partial charge in [-0.3, -0.25) is 0 Å². The van der Waals surface area contributed by atoms with E-state index in [0.29, 0.717) is 11.5 Å². The fourth-order valence-electron chi connectivity index (χ4n) is 1.35. The predicted molar refractivity (Wildman–Crippen MR) is 59.4 cm³/mol. The van der Waals surface area contributed by atoms with E-state index >= 15 is 0 Å². The van der Waals surface area contributed by atoms with E-state index in [4.69, 9.17) is 22.4 Å². The van der Waals surface area contributed by atoms with Crippen LogP contribution in [-0.4, -0.2) is 17.0 Å². The van der Waals surface area contributed by atoms with Crippen molar-refractivity contribution in [1.82, 2.24) is 4.98 Å². The molecule has 2 aromatic rings. The Morgan fingerprint density at radius 2 is 2.43 bits per heavy atom. The minimum atomic E-state index is 0.229. The maximum Gasteiger partial charge on any atom is 0.229 e. The van der Waals surface area contributed by atoms with Gasteiger partial charge in [0.1, 0.15) is 4.99 Å². The van der Waals surface area contributed by atoms with Crippen molar-refractivity contribution in [3.8, 4) is 0 Å². The number of fused-ring (bicyclic) bond motifs is 1. The quantitative estimate of drug-likeness (QED) is 0.731. The van der Waals surface area contributed by atoms with E-state index in [-0.39, 0.29) is 4.99 Å². The predicted octanol–water partition coefficient (Wildman–Crippen LogP) is 1.50. The van der Waals surface area contributed by atoms with Crippen molar-refractivity contribution in [3.63, 3.8) is 0 Å². The number of hydrogen-bond acceptors (Lipinski definition) is 4. The summed E-state index contributed by atoms with van der Waals surface area (Å²) >= 11 is 4.87. The van der Waals surface area contributed by atoms with Crippen LogP contribution in [0, 0.1) is 0 Å². The minimum Gasteiger partial charge on any atom is -0.433 e. The van der Waals surface area contributed by atoms with Crippen molar-refractivity contribution >= 4 is 34.0 Å². The molecule has 0 saturated carbocycles. The smallest absolute Gasteiger partial charge is 0.229 e. The number of furan rings is 1. The molecule has 0 saturated heterocycles. The standard InChI is InChI=1S/C9H9N3OS/c1-11-6-5-3-2-4-12-9(5)13-7(6)8(10)14/h2-4,11H,1H3,(H2,10,14). The summed E-state index contributed by atoms with van der Waals surface area (Å²) in [5.74, 6) is 0.483. The third-order valence-electron chi connectivity index (χ3n) is 1.94. The van der Waals surface area contributed by atoms with Crippen molar-refractivity contribution in [1.29, 1.82) is 0 Å². The summed E-state index contributed by atoms with van der Waals surface area (Å²) in [7, 11) is 1.79. The largest absolute Gasteiger partial charge is 0.433 e. The van der Waals surface area contributed by atoms with Gasteiger partial charge in [-0.1, -0.05) is 12.2 Å². The first kappa shape index (κ1) is 8.96. The molecule has 72 valence electrons. The summed E-state index contributed by atoms with van der Waals surface area (Å²) in [6.45, 7) is 0. The van der Waals surface area contributed by atoms with Gasteiger partial charge < -0.3 is 15.5 Å². The van der Waals surface area contributed by atoms with E-state index in [2.05, 4.69) is 10.3 Å². The molecule has 14 heavy (non-hydrogen) atoms. The summed E-state index contributed by atoms with van der Waals surface area (Å²) in [4.78, 5) is 4.30. The molecule has 2 aromatic heterocycles. The SMILES string of the molecule is CNc1c(C(N)=S)oc2ncccc12. The highest BCUT2D eigenvalue weighted by molar-refractivity contribution is 7.80. The number of pyridine rings is 1. The number of hydrogen-bond donors (Lipinski definition) is 2. The average molecular weight is 207 g/mol. The normalized spacial score (nSPS) is 10.4. The van der Waals surface area contributed by atoms with Gasteiger partial charge in [0.25, 0.3) is 0 Å². The van der Waals surface area contributed by atoms with E-state index in [0.717, 1.165) is 11.1 Å². The number of aromatic nitrogens is 1. The van der Waals surface area contributed by atoms with E-state index in [9.17, 15) is 0 Å². The van der Waals surface area contributed by atoms with Gasteiger partial charge in [-0.15, -0.1) is 0 Å². The topological polar surface area (TPSA) is 64.1 Å². The van der Waals surface area contributed by atoms with Crippen molar-refractivity contribution in [2.75, 3.05) is 12.4 Å². The van der Waals surface area contributed by atoms with Gasteiger partial charge in [-0.2, -0.15) is 0 Å². The summed E-state index contributed by atoms with van der Waals surface area (Å²) < 4.78 is 5.41. The average Bonchev–Trinajstić information content (AvgIpc) is 2.56. The Balaban J connectivity index is 2.78. The Bertz CT molecular complexity index is 492. The molecular formula is C9H9N3OS. The van der Waals surface area contributed by atoms with E-state index in [1.165, 1.54) is 0 Å². The molecule has 2 heterocycles. The van der Waals surface area contributed by atoms with E-state index in [1.807, 2.05) is 12.1 Å². The summed E-state index contributed by atoms with van der Waals surface area (Å²) in [6, 6.07) is 3.74. The molecule has 0 aliphatic heterocycles. The zero-order valence-corrected chi connectivity index (χ0v) is 8.39. The van der Waals surface area contributed by atoms with Gasteiger partial charge in [0.15, 0.2) is 5.76 Å². The second-order valence-corrected chi connectivity index (χ2v) is 3.22. The number of nitrogens with one attached hydrogen (secondary N) is 1. The van der Waals surface area contributed by atoms with Crippen molar-refractivity contribution in [2.45, 2.75) is 0 Å². The molecule has 0 radical (unpaired) electrons. The second-order valence-electron chi connectivity index (χ2n) is 2.78. The molecule has 0 aliphatic carbocycles. The summed E-state index contributed by atoms with van der Waals surface area (Å²) in [5.41, 5.74) is 6.86. The Labute approximate surface area is 86.1 Å². The number of thiocarbonyl (C=S) groups is 1. The molecule has 0 spiro atoms. The molecule has 0 bridgehead atoms. The zero-order valence-electron chi connectivity index (χ0n) is 7.57. The van der Waals surface area contributed by atoms with Gasteiger partial charge in [0, 0.05) is 13.2 Å². The van der Waals surface area contributed by atoms with Gasteiger partial charge in [-0.05, 0) is 12.1 Å². The molecule has 3 N–H and O–H groups in total. The van der Waals surface area contributed by atoms with Crippen LogP contribution >= 0.6 is 12.2 Å². The van der Waals surface area contributed by atoms with Gasteiger partial charge >= 0.3 is 0 Å². The first-order valence-corrected chi connectivity index (χ1v) is 4.50. The molecule has 0 atom stereocenters. The molecule has 5 heteroatoms. The first-order valence-electron chi connectivity index (χ1n) is 4.09. The lowest BCUT2D eigenvalue weighted by Gasteiger charge is -1.98. The van der Waals surface area contributed by atoms with E-state index < -0.39 is 0 Å². The van der Waals surface area contributed by atoms with E-state index in [1.54, 1.807) is 13.2 Å². The molecule has 2 rings (SSSR count). The highest BCUT2D eigenvalue weighted by Crippen LogP contribution is 2.28. The lowest BCUT2D eigenvalue weighted by molar-refractivity contribution is 0.595. The maximum atomic E-state index is 5.52. The third kappa shape index (κ3) is 1.22. The number of rotatable bonds is 2. The highest BCUT2D eigenvalue weighted by Gasteiger charge is 2.14. The van der Waals surface area contributed by atoms with Crippen LogP contribution in [0.5, 0.6) is 0 Å². The number of nitrogens with two attached hydrogens (primary N) is 1. The Morgan fingerprint density at radius 1 is 1.64 bits per heavy atom. The van der Waals surface area contributed by atoms with Crippen LogP contribution in [0.3, 0.4) is 0 Å². The molecular weight excluding hydrogens is 198 g/mol. The fourth-order valence-corrected chi connectivity index (χ4v) is 1.50. The molecule has 0 fully saturated rings. The van der Waals surface area contributed by atoms with Crippen molar-refractivity contribution < 1.29 is 4.42 Å². The molecule has 0 amide bonds. The van der Waals surface area contributed by atoms with Crippen molar-refractivity contribution in [3.05, 3.63) is 24.1 Å². The van der Waals surface area contributed by atoms with Crippen LogP contribution in [-0.2, 0) is 0 Å². The van der Waals surface area contributed by atoms with Crippen LogP contribution < -0.4 is 11.1 Å². The van der Waals surface area contributed by atoms with Crippen LogP contribution in [0.2, 0.25) is 0 Å². The van der Waals surface area contributed by atoms with Gasteiger partial charge in [-0.25, -0.2) is 4.98 Å². The molecule has 0 unspecified atom stereocenters. The van der Waals surface area contributed by atoms with Gasteiger partial charge in [0.05, 0.1) is 11.1 Å². The zero-order chi connectivity index (χ0) is 10.1. The van der Waals surface area contributed by atoms with Crippen molar-refractivity contribution in [2.24, 2.45) is 5.73 Å². The van der Waals surface area contributed by atoms with Gasteiger partial charge in [0.2, 0.25) is 5.71 Å². The molecule has 4 nitrogen and oxygen atoms in total. The van der Waals surface area contributed by atoms with Crippen LogP contribution in [0.4, 0.5) is 5.69 Å². The lowest BCUT2D eigenvalue weighted by Crippen LogP contribution is -2.10. The summed E-state index contributed by atoms with van der Waals surface area (Å²) in [6.07, 6.45) is 1.66. The third-order valence-corrected chi connectivity index (χ3v) is 2.13. The molecule has 0 aliphatic rings. The lowest BCUT2D eigenvalue weighted by atomic mass is 10.2. The Kier molecular flexibility index (Phi) is 2.09.